The zero-order chi connectivity index (χ0) is 4.50. The van der Waals surface area contributed by atoms with Gasteiger partial charge in [-0.05, 0) is 0 Å². The van der Waals surface area contributed by atoms with Crippen molar-refractivity contribution < 1.29 is 39.2 Å². The molecule has 0 bridgehead atoms. The molecule has 0 aromatic carbocycles. The largest absolute Gasteiger partial charge is 0 e. The molecule has 0 aromatic rings. The predicted octanol–water partition coefficient (Wildman–Crippen LogP) is -1.30. The summed E-state index contributed by atoms with van der Waals surface area (Å²) in [4.78, 5) is 0. The second kappa shape index (κ2) is 5.32. The summed E-state index contributed by atoms with van der Waals surface area (Å²) in [5, 5.41) is 0. The van der Waals surface area contributed by atoms with Crippen LogP contribution in [0.2, 0.25) is 0 Å². The third kappa shape index (κ3) is 138. The van der Waals surface area contributed by atoms with Crippen LogP contribution in [-0.4, -0.2) is 36.4 Å². The molecule has 0 rings (SSSR count). The van der Waals surface area contributed by atoms with Gasteiger partial charge in [-0.1, -0.05) is 0 Å². The van der Waals surface area contributed by atoms with Crippen molar-refractivity contribution in [2.24, 2.45) is 0 Å². The van der Waals surface area contributed by atoms with Crippen molar-refractivity contribution in [2.45, 2.75) is 0 Å². The van der Waals surface area contributed by atoms with Crippen LogP contribution < -0.4 is 0 Å². The maximum Gasteiger partial charge on any atom is 0 e. The Morgan fingerprint density at radius 1 is 1.14 bits per heavy atom. The van der Waals surface area contributed by atoms with E-state index in [4.69, 9.17) is 17.5 Å². The molecule has 0 aliphatic heterocycles. The Morgan fingerprint density at radius 3 is 1.14 bits per heavy atom. The SMILES string of the molecule is O=S(=O)(O)O.[LiH].[Ti]. The van der Waals surface area contributed by atoms with Gasteiger partial charge in [0.05, 0.1) is 0 Å². The average molecular weight is 154 g/mol. The van der Waals surface area contributed by atoms with Crippen LogP contribution in [0.5, 0.6) is 0 Å². The van der Waals surface area contributed by atoms with Gasteiger partial charge in [0, 0.05) is 21.7 Å². The fourth-order valence-electron chi connectivity index (χ4n) is 0. The minimum atomic E-state index is -4.67. The molecule has 0 spiro atoms. The molecule has 0 heterocycles. The summed E-state index contributed by atoms with van der Waals surface area (Å²) in [5.41, 5.74) is 0. The van der Waals surface area contributed by atoms with Crippen LogP contribution >= 0.6 is 0 Å². The Morgan fingerprint density at radius 2 is 1.14 bits per heavy atom. The van der Waals surface area contributed by atoms with E-state index in [9.17, 15) is 0 Å². The van der Waals surface area contributed by atoms with E-state index in [-0.39, 0.29) is 40.6 Å². The molecule has 0 aromatic heterocycles. The van der Waals surface area contributed by atoms with E-state index in [1.807, 2.05) is 0 Å². The van der Waals surface area contributed by atoms with Crippen molar-refractivity contribution in [3.05, 3.63) is 0 Å². The molecule has 4 nitrogen and oxygen atoms in total. The van der Waals surface area contributed by atoms with Crippen LogP contribution in [0.4, 0.5) is 0 Å². The number of rotatable bonds is 0. The van der Waals surface area contributed by atoms with Crippen LogP contribution in [-0.2, 0) is 32.1 Å². The first kappa shape index (κ1) is 15.7. The topological polar surface area (TPSA) is 74.6 Å². The minimum absolute atomic E-state index is 0. The van der Waals surface area contributed by atoms with E-state index in [1.165, 1.54) is 0 Å². The second-order valence-electron chi connectivity index (χ2n) is 0.448. The van der Waals surface area contributed by atoms with E-state index in [0.717, 1.165) is 0 Å². The quantitative estimate of drug-likeness (QED) is 0.335. The Hall–Kier alpha value is 1.18. The van der Waals surface area contributed by atoms with E-state index < -0.39 is 10.4 Å². The normalized spacial score (nSPS) is 8.29. The molecule has 38 valence electrons. The summed E-state index contributed by atoms with van der Waals surface area (Å²) < 4.78 is 31.6. The molecule has 0 aliphatic rings. The van der Waals surface area contributed by atoms with Gasteiger partial charge in [-0.3, -0.25) is 9.11 Å². The molecule has 2 N–H and O–H groups in total. The summed E-state index contributed by atoms with van der Waals surface area (Å²) in [6.45, 7) is 0. The van der Waals surface area contributed by atoms with Crippen LogP contribution in [0, 0.1) is 0 Å². The molecule has 0 saturated heterocycles. The zero-order valence-corrected chi connectivity index (χ0v) is 5.00. The van der Waals surface area contributed by atoms with Gasteiger partial charge in [-0.25, -0.2) is 0 Å². The van der Waals surface area contributed by atoms with Gasteiger partial charge >= 0.3 is 29.3 Å². The fraction of sp³-hybridized carbons (Fsp3) is 0. The third-order valence-corrected chi connectivity index (χ3v) is 0. The van der Waals surface area contributed by atoms with E-state index in [2.05, 4.69) is 0 Å². The van der Waals surface area contributed by atoms with Gasteiger partial charge in [0.2, 0.25) is 0 Å². The zero-order valence-electron chi connectivity index (χ0n) is 2.62. The van der Waals surface area contributed by atoms with Gasteiger partial charge in [0.1, 0.15) is 0 Å². The van der Waals surface area contributed by atoms with Crippen molar-refractivity contribution in [3.63, 3.8) is 0 Å². The molecule has 0 aliphatic carbocycles. The van der Waals surface area contributed by atoms with Crippen molar-refractivity contribution in [1.82, 2.24) is 0 Å². The van der Waals surface area contributed by atoms with E-state index in [1.54, 1.807) is 0 Å². The average Bonchev–Trinajstić information content (AvgIpc) is 0.722. The third-order valence-electron chi connectivity index (χ3n) is 0. The maximum atomic E-state index is 8.74. The van der Waals surface area contributed by atoms with Crippen molar-refractivity contribution in [3.8, 4) is 0 Å². The van der Waals surface area contributed by atoms with Crippen LogP contribution in [0.15, 0.2) is 0 Å². The van der Waals surface area contributed by atoms with Crippen LogP contribution in [0.3, 0.4) is 0 Å². The first-order valence-corrected chi connectivity index (χ1v) is 2.10. The fourth-order valence-corrected chi connectivity index (χ4v) is 0. The molecule has 0 radical (unpaired) electrons. The van der Waals surface area contributed by atoms with Gasteiger partial charge in [0.15, 0.2) is 0 Å². The second-order valence-corrected chi connectivity index (χ2v) is 1.34. The molecule has 0 fully saturated rings. The molecule has 0 saturated carbocycles. The maximum absolute atomic E-state index is 8.74. The van der Waals surface area contributed by atoms with E-state index in [0.29, 0.717) is 0 Å². The number of hydrogen-bond acceptors (Lipinski definition) is 2. The molecule has 0 unspecified atom stereocenters. The predicted molar refractivity (Wildman–Crippen MR) is 21.3 cm³/mol. The van der Waals surface area contributed by atoms with Gasteiger partial charge in [-0.15, -0.1) is 0 Å². The summed E-state index contributed by atoms with van der Waals surface area (Å²) in [6, 6.07) is 0. The molecular weight excluding hydrogens is 151 g/mol. The summed E-state index contributed by atoms with van der Waals surface area (Å²) in [7, 11) is -4.67. The van der Waals surface area contributed by atoms with E-state index >= 15 is 0 Å². The van der Waals surface area contributed by atoms with Gasteiger partial charge < -0.3 is 0 Å². The van der Waals surface area contributed by atoms with Crippen LogP contribution in [0.1, 0.15) is 0 Å². The standard InChI is InChI=1S/Li.H2O4S.Ti.H/c;1-5(2,3)4;;/h;(H2,1,2,3,4);;. The summed E-state index contributed by atoms with van der Waals surface area (Å²) in [6.07, 6.45) is 0. The first-order chi connectivity index (χ1) is 2.00. The molecule has 7 heteroatoms. The Balaban J connectivity index is -0.0000000800. The summed E-state index contributed by atoms with van der Waals surface area (Å²) in [5.74, 6) is 0. The Kier molecular flexibility index (Phi) is 11.9. The smallest absolute Gasteiger partial charge is 0 e. The van der Waals surface area contributed by atoms with Crippen molar-refractivity contribution in [2.75, 3.05) is 0 Å². The monoisotopic (exact) mass is 154 g/mol. The van der Waals surface area contributed by atoms with Crippen molar-refractivity contribution >= 4 is 29.3 Å². The first-order valence-electron chi connectivity index (χ1n) is 0.698. The van der Waals surface area contributed by atoms with Gasteiger partial charge in [0.25, 0.3) is 0 Å². The van der Waals surface area contributed by atoms with Gasteiger partial charge in [-0.2, -0.15) is 8.42 Å². The number of hydrogen-bond donors (Lipinski definition) is 2. The summed E-state index contributed by atoms with van der Waals surface area (Å²) >= 11 is 0. The molecule has 7 heavy (non-hydrogen) atoms. The Labute approximate surface area is 68.3 Å². The Bertz CT molecular complexity index is 94.9. The molecular formula is H3LiO4STi. The minimum Gasteiger partial charge on any atom is 0 e. The molecule has 0 amide bonds. The molecule has 0 atom stereocenters. The van der Waals surface area contributed by atoms with Crippen LogP contribution in [0.25, 0.3) is 0 Å². The van der Waals surface area contributed by atoms with Crippen molar-refractivity contribution in [1.29, 1.82) is 0 Å².